The van der Waals surface area contributed by atoms with Crippen LogP contribution in [-0.4, -0.2) is 57.6 Å². The molecule has 4 N–H and O–H groups in total. The molecule has 39 heavy (non-hydrogen) atoms. The van der Waals surface area contributed by atoms with Gasteiger partial charge in [-0.05, 0) is 41.7 Å². The first-order valence-corrected chi connectivity index (χ1v) is 13.4. The number of hydroxylamine groups is 2. The molecule has 1 aromatic heterocycles. The average Bonchev–Trinajstić information content (AvgIpc) is 3.54. The summed E-state index contributed by atoms with van der Waals surface area (Å²) >= 11 is 0. The van der Waals surface area contributed by atoms with E-state index in [2.05, 4.69) is 28.5 Å². The summed E-state index contributed by atoms with van der Waals surface area (Å²) in [6.45, 7) is 2.14. The lowest BCUT2D eigenvalue weighted by atomic mass is 9.92. The molecule has 1 aliphatic rings. The molecular formula is C32H35N3O4. The van der Waals surface area contributed by atoms with Gasteiger partial charge in [-0.25, -0.2) is 0 Å². The van der Waals surface area contributed by atoms with Gasteiger partial charge < -0.3 is 20.5 Å². The highest BCUT2D eigenvalue weighted by Gasteiger charge is 2.48. The van der Waals surface area contributed by atoms with Crippen molar-refractivity contribution >= 4 is 29.0 Å². The van der Waals surface area contributed by atoms with Gasteiger partial charge in [0, 0.05) is 29.6 Å². The lowest BCUT2D eigenvalue weighted by molar-refractivity contribution is -0.192. The first kappa shape index (κ1) is 26.8. The lowest BCUT2D eigenvalue weighted by Gasteiger charge is -2.24. The Morgan fingerprint density at radius 2 is 1.79 bits per heavy atom. The Kier molecular flexibility index (Phi) is 8.54. The number of aromatic amines is 1. The van der Waals surface area contributed by atoms with Crippen LogP contribution in [0.3, 0.4) is 0 Å². The second kappa shape index (κ2) is 12.4. The first-order chi connectivity index (χ1) is 19.0. The molecule has 0 spiro atoms. The summed E-state index contributed by atoms with van der Waals surface area (Å²) in [6.07, 6.45) is 5.23. The Balaban J connectivity index is 1.29. The zero-order chi connectivity index (χ0) is 27.2. The Morgan fingerprint density at radius 1 is 1.05 bits per heavy atom. The second-order valence-corrected chi connectivity index (χ2v) is 10.1. The largest absolute Gasteiger partial charge is 0.396 e. The van der Waals surface area contributed by atoms with Crippen LogP contribution in [0.4, 0.5) is 0 Å². The van der Waals surface area contributed by atoms with Crippen molar-refractivity contribution in [1.29, 1.82) is 0 Å². The maximum Gasteiger partial charge on any atom is 0.240 e. The molecule has 3 aromatic carbocycles. The fourth-order valence-electron chi connectivity index (χ4n) is 5.30. The number of fused-ring (bicyclic) bond motifs is 1. The number of H-pyrrole nitrogens is 1. The third-order valence-corrected chi connectivity index (χ3v) is 7.28. The molecule has 0 radical (unpaired) electrons. The Hall–Kier alpha value is -3.75. The van der Waals surface area contributed by atoms with Crippen LogP contribution in [0.25, 0.3) is 23.1 Å². The molecule has 1 aliphatic heterocycles. The number of hydrogen-bond acceptors (Lipinski definition) is 5. The molecule has 7 heteroatoms. The zero-order valence-corrected chi connectivity index (χ0v) is 22.0. The Bertz CT molecular complexity index is 1420. The highest BCUT2D eigenvalue weighted by Crippen LogP contribution is 2.31. The normalized spacial score (nSPS) is 20.5. The Morgan fingerprint density at radius 3 is 2.59 bits per heavy atom. The molecule has 1 fully saturated rings. The number of benzene rings is 3. The van der Waals surface area contributed by atoms with Gasteiger partial charge in [0.2, 0.25) is 5.91 Å². The SMILES string of the molecule is C[C@H](O)[C@@H]1ON(Cc2cccc(/C=C/c3ccccc3)c2)C(C(=O)NCCc2c[nH]c3ccccc23)[C@@H]1CO. The van der Waals surface area contributed by atoms with Crippen molar-refractivity contribution in [3.8, 4) is 0 Å². The molecule has 1 amide bonds. The van der Waals surface area contributed by atoms with Gasteiger partial charge in [0.05, 0.1) is 19.3 Å². The molecule has 0 aliphatic carbocycles. The highest BCUT2D eigenvalue weighted by molar-refractivity contribution is 5.84. The number of carbonyl (C=O) groups is 1. The molecule has 1 saturated heterocycles. The van der Waals surface area contributed by atoms with E-state index in [0.29, 0.717) is 19.5 Å². The maximum atomic E-state index is 13.5. The maximum absolute atomic E-state index is 13.5. The van der Waals surface area contributed by atoms with E-state index in [0.717, 1.165) is 33.2 Å². The fourth-order valence-corrected chi connectivity index (χ4v) is 5.30. The van der Waals surface area contributed by atoms with Crippen LogP contribution < -0.4 is 5.32 Å². The van der Waals surface area contributed by atoms with Crippen molar-refractivity contribution in [3.63, 3.8) is 0 Å². The van der Waals surface area contributed by atoms with Gasteiger partial charge in [0.25, 0.3) is 0 Å². The number of hydrogen-bond donors (Lipinski definition) is 4. The molecule has 4 atom stereocenters. The van der Waals surface area contributed by atoms with Gasteiger partial charge in [0.15, 0.2) is 0 Å². The van der Waals surface area contributed by atoms with Crippen LogP contribution in [0.1, 0.15) is 29.2 Å². The van der Waals surface area contributed by atoms with Gasteiger partial charge in [0.1, 0.15) is 12.1 Å². The van der Waals surface area contributed by atoms with Gasteiger partial charge in [-0.2, -0.15) is 5.06 Å². The van der Waals surface area contributed by atoms with E-state index in [4.69, 9.17) is 4.84 Å². The first-order valence-electron chi connectivity index (χ1n) is 13.4. The molecule has 202 valence electrons. The number of rotatable bonds is 10. The highest BCUT2D eigenvalue weighted by atomic mass is 16.7. The topological polar surface area (TPSA) is 97.8 Å². The average molecular weight is 526 g/mol. The van der Waals surface area contributed by atoms with E-state index in [1.54, 1.807) is 12.0 Å². The lowest BCUT2D eigenvalue weighted by Crippen LogP contribution is -2.48. The molecule has 0 saturated carbocycles. The second-order valence-electron chi connectivity index (χ2n) is 10.1. The molecule has 4 aromatic rings. The molecular weight excluding hydrogens is 490 g/mol. The molecule has 7 nitrogen and oxygen atoms in total. The third-order valence-electron chi connectivity index (χ3n) is 7.28. The summed E-state index contributed by atoms with van der Waals surface area (Å²) in [7, 11) is 0. The summed E-state index contributed by atoms with van der Waals surface area (Å²) in [6, 6.07) is 25.5. The predicted molar refractivity (Wildman–Crippen MR) is 153 cm³/mol. The molecule has 0 bridgehead atoms. The van der Waals surface area contributed by atoms with Gasteiger partial charge in [-0.3, -0.25) is 9.63 Å². The number of amides is 1. The van der Waals surface area contributed by atoms with E-state index in [1.807, 2.05) is 79.0 Å². The predicted octanol–water partition coefficient (Wildman–Crippen LogP) is 4.17. The van der Waals surface area contributed by atoms with E-state index < -0.39 is 24.2 Å². The number of para-hydroxylation sites is 1. The smallest absolute Gasteiger partial charge is 0.240 e. The van der Waals surface area contributed by atoms with Crippen molar-refractivity contribution in [1.82, 2.24) is 15.4 Å². The summed E-state index contributed by atoms with van der Waals surface area (Å²) < 4.78 is 0. The van der Waals surface area contributed by atoms with Crippen molar-refractivity contribution < 1.29 is 19.8 Å². The van der Waals surface area contributed by atoms with E-state index in [1.165, 1.54) is 0 Å². The number of aliphatic hydroxyl groups is 2. The van der Waals surface area contributed by atoms with Crippen LogP contribution >= 0.6 is 0 Å². The van der Waals surface area contributed by atoms with E-state index >= 15 is 0 Å². The van der Waals surface area contributed by atoms with E-state index in [-0.39, 0.29) is 12.5 Å². The summed E-state index contributed by atoms with van der Waals surface area (Å²) in [4.78, 5) is 22.8. The summed E-state index contributed by atoms with van der Waals surface area (Å²) in [5.41, 5.74) is 5.30. The third kappa shape index (κ3) is 6.29. The fraction of sp³-hybridized carbons (Fsp3) is 0.281. The number of carbonyl (C=O) groups excluding carboxylic acids is 1. The number of nitrogens with zero attached hydrogens (tertiary/aromatic N) is 1. The van der Waals surface area contributed by atoms with Crippen LogP contribution in [0.15, 0.2) is 85.1 Å². The molecule has 1 unspecified atom stereocenters. The summed E-state index contributed by atoms with van der Waals surface area (Å²) in [5, 5.41) is 26.3. The molecule has 5 rings (SSSR count). The number of aromatic nitrogens is 1. The van der Waals surface area contributed by atoms with Crippen LogP contribution in [0.5, 0.6) is 0 Å². The van der Waals surface area contributed by atoms with Gasteiger partial charge in [-0.1, -0.05) is 84.9 Å². The van der Waals surface area contributed by atoms with Crippen LogP contribution in [0, 0.1) is 5.92 Å². The quantitative estimate of drug-likeness (QED) is 0.233. The van der Waals surface area contributed by atoms with Crippen molar-refractivity contribution in [2.45, 2.75) is 38.1 Å². The van der Waals surface area contributed by atoms with Crippen molar-refractivity contribution in [2.24, 2.45) is 5.92 Å². The standard InChI is InChI=1S/C32H35N3O4/c1-22(37)31-28(21-36)30(32(38)33-17-16-26-19-34-29-13-6-5-12-27(26)29)35(39-31)20-25-11-7-10-24(18-25)15-14-23-8-3-2-4-9-23/h2-15,18-19,22,28,30-31,34,36-37H,16-17,20-21H2,1H3,(H,33,38)/b15-14+/t22-,28-,30?,31-/m0/s1. The minimum Gasteiger partial charge on any atom is -0.396 e. The van der Waals surface area contributed by atoms with Gasteiger partial charge >= 0.3 is 0 Å². The van der Waals surface area contributed by atoms with Gasteiger partial charge in [-0.15, -0.1) is 0 Å². The Labute approximate surface area is 228 Å². The molecule has 2 heterocycles. The van der Waals surface area contributed by atoms with Crippen molar-refractivity contribution in [2.75, 3.05) is 13.2 Å². The van der Waals surface area contributed by atoms with E-state index in [9.17, 15) is 15.0 Å². The number of aliphatic hydroxyl groups excluding tert-OH is 2. The van der Waals surface area contributed by atoms with Crippen LogP contribution in [0.2, 0.25) is 0 Å². The minimum atomic E-state index is -0.839. The summed E-state index contributed by atoms with van der Waals surface area (Å²) in [5.74, 6) is -0.781. The zero-order valence-electron chi connectivity index (χ0n) is 22.0. The minimum absolute atomic E-state index is 0.225. The van der Waals surface area contributed by atoms with Crippen LogP contribution in [-0.2, 0) is 22.6 Å². The van der Waals surface area contributed by atoms with Crippen molar-refractivity contribution in [3.05, 3.63) is 107 Å². The number of nitrogens with one attached hydrogen (secondary N) is 2. The monoisotopic (exact) mass is 525 g/mol.